The van der Waals surface area contributed by atoms with Crippen LogP contribution in [0.15, 0.2) is 69.0 Å². The highest BCUT2D eigenvalue weighted by Gasteiger charge is 2.16. The zero-order chi connectivity index (χ0) is 14.1. The molecule has 3 rings (SSSR count). The summed E-state index contributed by atoms with van der Waals surface area (Å²) in [5, 5.41) is 0. The fourth-order valence-corrected chi connectivity index (χ4v) is 3.07. The molecule has 0 aliphatic carbocycles. The third-order valence-electron chi connectivity index (χ3n) is 3.31. The van der Waals surface area contributed by atoms with Gasteiger partial charge in [-0.25, -0.2) is 4.39 Å². The summed E-state index contributed by atoms with van der Waals surface area (Å²) < 4.78 is 13.1. The Kier molecular flexibility index (Phi) is 3.45. The van der Waals surface area contributed by atoms with Gasteiger partial charge in [0.1, 0.15) is 5.82 Å². The summed E-state index contributed by atoms with van der Waals surface area (Å²) in [4.78, 5) is 7.13. The first-order chi connectivity index (χ1) is 9.65. The molecule has 0 saturated heterocycles. The minimum absolute atomic E-state index is 0.228. The van der Waals surface area contributed by atoms with Gasteiger partial charge in [0.2, 0.25) is 0 Å². The highest BCUT2D eigenvalue weighted by Crippen LogP contribution is 2.35. The standard InChI is InChI=1S/C17H14FNS/c1-11-12(2)20-16-6-4-3-5-15(16)17(19-11)13-7-9-14(18)10-8-13/h3-10H,1-2H3. The molecule has 0 aromatic heterocycles. The van der Waals surface area contributed by atoms with Gasteiger partial charge in [-0.15, -0.1) is 0 Å². The van der Waals surface area contributed by atoms with E-state index in [1.165, 1.54) is 21.9 Å². The molecule has 0 amide bonds. The number of halogens is 1. The predicted octanol–water partition coefficient (Wildman–Crippen LogP) is 5.02. The van der Waals surface area contributed by atoms with E-state index in [1.807, 2.05) is 19.1 Å². The summed E-state index contributed by atoms with van der Waals surface area (Å²) in [6.07, 6.45) is 0. The number of fused-ring (bicyclic) bond motifs is 1. The van der Waals surface area contributed by atoms with Crippen LogP contribution in [-0.4, -0.2) is 5.71 Å². The number of nitrogens with zero attached hydrogens (tertiary/aromatic N) is 1. The van der Waals surface area contributed by atoms with Gasteiger partial charge in [0, 0.05) is 26.6 Å². The fraction of sp³-hybridized carbons (Fsp3) is 0.118. The van der Waals surface area contributed by atoms with Crippen molar-refractivity contribution in [1.29, 1.82) is 0 Å². The lowest BCUT2D eigenvalue weighted by Crippen LogP contribution is -2.04. The topological polar surface area (TPSA) is 12.4 Å². The van der Waals surface area contributed by atoms with E-state index < -0.39 is 0 Å². The Morgan fingerprint density at radius 1 is 0.950 bits per heavy atom. The molecule has 0 fully saturated rings. The van der Waals surface area contributed by atoms with Crippen LogP contribution >= 0.6 is 11.8 Å². The van der Waals surface area contributed by atoms with Crippen molar-refractivity contribution in [3.8, 4) is 0 Å². The molecule has 0 unspecified atom stereocenters. The van der Waals surface area contributed by atoms with Crippen molar-refractivity contribution in [3.63, 3.8) is 0 Å². The van der Waals surface area contributed by atoms with Crippen molar-refractivity contribution in [3.05, 3.63) is 76.1 Å². The molecule has 2 aromatic carbocycles. The van der Waals surface area contributed by atoms with E-state index in [9.17, 15) is 4.39 Å². The first-order valence-corrected chi connectivity index (χ1v) is 7.26. The maximum atomic E-state index is 13.1. The van der Waals surface area contributed by atoms with Gasteiger partial charge in [0.15, 0.2) is 0 Å². The van der Waals surface area contributed by atoms with Crippen molar-refractivity contribution in [2.24, 2.45) is 4.99 Å². The highest BCUT2D eigenvalue weighted by molar-refractivity contribution is 8.03. The summed E-state index contributed by atoms with van der Waals surface area (Å²) in [5.41, 5.74) is 3.95. The molecule has 20 heavy (non-hydrogen) atoms. The Morgan fingerprint density at radius 3 is 2.40 bits per heavy atom. The average Bonchev–Trinajstić information content (AvgIpc) is 2.58. The van der Waals surface area contributed by atoms with Gasteiger partial charge in [0.25, 0.3) is 0 Å². The first-order valence-electron chi connectivity index (χ1n) is 6.44. The van der Waals surface area contributed by atoms with Crippen molar-refractivity contribution in [2.75, 3.05) is 0 Å². The van der Waals surface area contributed by atoms with Crippen LogP contribution in [0.2, 0.25) is 0 Å². The zero-order valence-electron chi connectivity index (χ0n) is 11.4. The van der Waals surface area contributed by atoms with E-state index in [0.717, 1.165) is 22.5 Å². The molecule has 1 aliphatic heterocycles. The maximum Gasteiger partial charge on any atom is 0.123 e. The van der Waals surface area contributed by atoms with E-state index in [1.54, 1.807) is 23.9 Å². The normalized spacial score (nSPS) is 14.7. The molecule has 1 heterocycles. The van der Waals surface area contributed by atoms with Gasteiger partial charge >= 0.3 is 0 Å². The molecule has 3 heteroatoms. The molecular formula is C17H14FNS. The minimum atomic E-state index is -0.228. The predicted molar refractivity (Wildman–Crippen MR) is 82.7 cm³/mol. The monoisotopic (exact) mass is 283 g/mol. The number of aliphatic imine (C=N–C) groups is 1. The Labute approximate surface area is 122 Å². The van der Waals surface area contributed by atoms with Gasteiger partial charge in [-0.2, -0.15) is 0 Å². The number of rotatable bonds is 1. The van der Waals surface area contributed by atoms with Crippen molar-refractivity contribution in [2.45, 2.75) is 18.7 Å². The second kappa shape index (κ2) is 5.25. The lowest BCUT2D eigenvalue weighted by molar-refractivity contribution is 0.628. The van der Waals surface area contributed by atoms with Crippen LogP contribution in [-0.2, 0) is 0 Å². The van der Waals surface area contributed by atoms with Crippen LogP contribution < -0.4 is 0 Å². The van der Waals surface area contributed by atoms with Crippen molar-refractivity contribution in [1.82, 2.24) is 0 Å². The summed E-state index contributed by atoms with van der Waals surface area (Å²) >= 11 is 1.73. The van der Waals surface area contributed by atoms with Crippen LogP contribution in [0, 0.1) is 5.82 Å². The number of hydrogen-bond donors (Lipinski definition) is 0. The number of thioether (sulfide) groups is 1. The number of benzene rings is 2. The van der Waals surface area contributed by atoms with Crippen LogP contribution in [0.5, 0.6) is 0 Å². The van der Waals surface area contributed by atoms with Crippen LogP contribution in [0.1, 0.15) is 25.0 Å². The molecule has 0 saturated carbocycles. The van der Waals surface area contributed by atoms with E-state index in [0.29, 0.717) is 0 Å². The molecule has 0 atom stereocenters. The van der Waals surface area contributed by atoms with Gasteiger partial charge in [0.05, 0.1) is 5.71 Å². The lowest BCUT2D eigenvalue weighted by atomic mass is 10.0. The smallest absolute Gasteiger partial charge is 0.123 e. The number of hydrogen-bond acceptors (Lipinski definition) is 2. The van der Waals surface area contributed by atoms with E-state index in [2.05, 4.69) is 19.1 Å². The molecule has 0 bridgehead atoms. The maximum absolute atomic E-state index is 13.1. The van der Waals surface area contributed by atoms with Crippen molar-refractivity contribution < 1.29 is 4.39 Å². The third kappa shape index (κ3) is 2.41. The van der Waals surface area contributed by atoms with E-state index in [4.69, 9.17) is 4.99 Å². The number of allylic oxidation sites excluding steroid dienone is 2. The van der Waals surface area contributed by atoms with Crippen LogP contribution in [0.3, 0.4) is 0 Å². The van der Waals surface area contributed by atoms with E-state index >= 15 is 0 Å². The Bertz CT molecular complexity index is 714. The Balaban J connectivity index is 2.21. The largest absolute Gasteiger partial charge is 0.252 e. The second-order valence-electron chi connectivity index (χ2n) is 4.71. The molecule has 2 aromatic rings. The summed E-state index contributed by atoms with van der Waals surface area (Å²) in [7, 11) is 0. The van der Waals surface area contributed by atoms with Gasteiger partial charge < -0.3 is 0 Å². The molecule has 1 nitrogen and oxygen atoms in total. The summed E-state index contributed by atoms with van der Waals surface area (Å²) in [6.45, 7) is 4.09. The van der Waals surface area contributed by atoms with Crippen LogP contribution in [0.25, 0.3) is 0 Å². The SMILES string of the molecule is CC1=C(C)Sc2ccccc2C(c2ccc(F)cc2)=N1. The summed E-state index contributed by atoms with van der Waals surface area (Å²) in [6, 6.07) is 14.7. The lowest BCUT2D eigenvalue weighted by Gasteiger charge is -2.09. The molecule has 0 radical (unpaired) electrons. The van der Waals surface area contributed by atoms with Crippen molar-refractivity contribution >= 4 is 17.5 Å². The average molecular weight is 283 g/mol. The van der Waals surface area contributed by atoms with Gasteiger partial charge in [-0.3, -0.25) is 4.99 Å². The second-order valence-corrected chi connectivity index (χ2v) is 5.96. The van der Waals surface area contributed by atoms with Gasteiger partial charge in [-0.1, -0.05) is 30.0 Å². The fourth-order valence-electron chi connectivity index (χ4n) is 2.12. The molecule has 0 N–H and O–H groups in total. The van der Waals surface area contributed by atoms with Gasteiger partial charge in [-0.05, 0) is 44.2 Å². The highest BCUT2D eigenvalue weighted by atomic mass is 32.2. The Hall–Kier alpha value is -1.87. The minimum Gasteiger partial charge on any atom is -0.252 e. The molecule has 0 spiro atoms. The molecule has 100 valence electrons. The first kappa shape index (κ1) is 13.1. The van der Waals surface area contributed by atoms with E-state index in [-0.39, 0.29) is 5.82 Å². The molecule has 1 aliphatic rings. The molecular weight excluding hydrogens is 269 g/mol. The summed E-state index contributed by atoms with van der Waals surface area (Å²) in [5.74, 6) is -0.228. The third-order valence-corrected chi connectivity index (χ3v) is 4.49. The zero-order valence-corrected chi connectivity index (χ0v) is 12.2. The quantitative estimate of drug-likeness (QED) is 0.715. The Morgan fingerprint density at radius 2 is 1.65 bits per heavy atom. The van der Waals surface area contributed by atoms with Crippen LogP contribution in [0.4, 0.5) is 4.39 Å².